The SMILES string of the molecule is COc1cc([N+](=O)[O-])c([N+](=O)[O-])c(C=NNC(N)=NOS(=O)(=O)c2ccc(C)cc2)c1OC. The highest BCUT2D eigenvalue weighted by Gasteiger charge is 2.34. The lowest BCUT2D eigenvalue weighted by Crippen LogP contribution is -2.28. The van der Waals surface area contributed by atoms with Gasteiger partial charge < -0.3 is 15.2 Å². The standard InChI is InChI=1S/C17H18N6O9S/c1-10-4-6-11(7-5-10)33(28,29)32-21-17(18)20-19-9-12-15(23(26)27)13(22(24)25)8-14(30-2)16(12)31-3/h4-9H,1-3H3,(H3,18,20,21). The number of nitrogens with one attached hydrogen (secondary N) is 1. The number of hydrogen-bond acceptors (Lipinski definition) is 11. The molecule has 2 aromatic carbocycles. The van der Waals surface area contributed by atoms with E-state index in [1.54, 1.807) is 19.1 Å². The van der Waals surface area contributed by atoms with E-state index in [2.05, 4.69) is 20.0 Å². The van der Waals surface area contributed by atoms with Gasteiger partial charge in [-0.1, -0.05) is 17.7 Å². The number of guanidine groups is 1. The van der Waals surface area contributed by atoms with E-state index >= 15 is 0 Å². The summed E-state index contributed by atoms with van der Waals surface area (Å²) in [6.45, 7) is 1.77. The predicted octanol–water partition coefficient (Wildman–Crippen LogP) is 1.39. The van der Waals surface area contributed by atoms with Crippen molar-refractivity contribution in [1.29, 1.82) is 0 Å². The molecule has 0 bridgehead atoms. The van der Waals surface area contributed by atoms with Crippen LogP contribution < -0.4 is 20.6 Å². The second-order valence-electron chi connectivity index (χ2n) is 6.10. The molecule has 176 valence electrons. The number of hydrogen-bond donors (Lipinski definition) is 2. The van der Waals surface area contributed by atoms with E-state index in [1.165, 1.54) is 19.2 Å². The van der Waals surface area contributed by atoms with Crippen LogP contribution in [0.2, 0.25) is 0 Å². The number of rotatable bonds is 9. The zero-order valence-electron chi connectivity index (χ0n) is 17.4. The Kier molecular flexibility index (Phi) is 7.68. The molecule has 0 atom stereocenters. The van der Waals surface area contributed by atoms with E-state index in [9.17, 15) is 28.6 Å². The summed E-state index contributed by atoms with van der Waals surface area (Å²) in [5, 5.41) is 29.5. The number of nitrogens with two attached hydrogens (primary N) is 1. The lowest BCUT2D eigenvalue weighted by molar-refractivity contribution is -0.422. The van der Waals surface area contributed by atoms with Crippen LogP contribution in [-0.4, -0.2) is 44.7 Å². The Morgan fingerprint density at radius 2 is 1.76 bits per heavy atom. The van der Waals surface area contributed by atoms with Gasteiger partial charge in [-0.15, -0.1) is 0 Å². The monoisotopic (exact) mass is 482 g/mol. The van der Waals surface area contributed by atoms with Crippen LogP contribution >= 0.6 is 0 Å². The molecule has 0 aliphatic carbocycles. The average molecular weight is 482 g/mol. The summed E-state index contributed by atoms with van der Waals surface area (Å²) in [5.41, 5.74) is 6.20. The molecule has 0 aliphatic rings. The van der Waals surface area contributed by atoms with Crippen LogP contribution in [0.5, 0.6) is 11.5 Å². The molecule has 0 aromatic heterocycles. The van der Waals surface area contributed by atoms with E-state index in [0.29, 0.717) is 0 Å². The molecule has 3 N–H and O–H groups in total. The van der Waals surface area contributed by atoms with Crippen molar-refractivity contribution in [2.24, 2.45) is 16.0 Å². The topological polar surface area (TPSA) is 211 Å². The summed E-state index contributed by atoms with van der Waals surface area (Å²) < 4.78 is 38.7. The van der Waals surface area contributed by atoms with E-state index in [4.69, 9.17) is 15.2 Å². The molecule has 0 radical (unpaired) electrons. The zero-order valence-corrected chi connectivity index (χ0v) is 18.2. The molecule has 0 heterocycles. The molecule has 0 saturated heterocycles. The first kappa shape index (κ1) is 24.8. The van der Waals surface area contributed by atoms with Crippen molar-refractivity contribution in [3.63, 3.8) is 0 Å². The fourth-order valence-corrected chi connectivity index (χ4v) is 3.20. The smallest absolute Gasteiger partial charge is 0.358 e. The molecule has 0 fully saturated rings. The van der Waals surface area contributed by atoms with E-state index in [-0.39, 0.29) is 16.4 Å². The molecular weight excluding hydrogens is 464 g/mol. The van der Waals surface area contributed by atoms with Crippen LogP contribution in [0, 0.1) is 27.2 Å². The highest BCUT2D eigenvalue weighted by Crippen LogP contribution is 2.42. The lowest BCUT2D eigenvalue weighted by atomic mass is 10.1. The fraction of sp³-hybridized carbons (Fsp3) is 0.176. The number of nitrogens with zero attached hydrogens (tertiary/aromatic N) is 4. The van der Waals surface area contributed by atoms with E-state index < -0.39 is 42.9 Å². The molecule has 0 aliphatic heterocycles. The van der Waals surface area contributed by atoms with Crippen LogP contribution in [-0.2, 0) is 14.4 Å². The largest absolute Gasteiger partial charge is 0.493 e. The third-order valence-electron chi connectivity index (χ3n) is 3.95. The van der Waals surface area contributed by atoms with Crippen LogP contribution in [0.1, 0.15) is 11.1 Å². The van der Waals surface area contributed by atoms with Gasteiger partial charge in [0.15, 0.2) is 11.5 Å². The summed E-state index contributed by atoms with van der Waals surface area (Å²) in [6.07, 6.45) is 0.795. The van der Waals surface area contributed by atoms with Gasteiger partial charge in [0.2, 0.25) is 0 Å². The molecule has 16 heteroatoms. The van der Waals surface area contributed by atoms with E-state index in [0.717, 1.165) is 25.0 Å². The average Bonchev–Trinajstić information content (AvgIpc) is 2.76. The molecule has 0 amide bonds. The minimum absolute atomic E-state index is 0.162. The van der Waals surface area contributed by atoms with Crippen LogP contribution in [0.4, 0.5) is 11.4 Å². The van der Waals surface area contributed by atoms with Crippen molar-refractivity contribution in [2.45, 2.75) is 11.8 Å². The zero-order chi connectivity index (χ0) is 24.8. The van der Waals surface area contributed by atoms with Gasteiger partial charge in [0.05, 0.1) is 36.3 Å². The van der Waals surface area contributed by atoms with Gasteiger partial charge in [0.25, 0.3) is 5.96 Å². The second kappa shape index (κ2) is 10.2. The Morgan fingerprint density at radius 3 is 2.27 bits per heavy atom. The summed E-state index contributed by atoms with van der Waals surface area (Å²) >= 11 is 0. The molecule has 2 aromatic rings. The maximum absolute atomic E-state index is 12.1. The number of nitro groups is 2. The number of nitro benzene ring substituents is 2. The normalized spacial score (nSPS) is 11.8. The second-order valence-corrected chi connectivity index (χ2v) is 7.62. The van der Waals surface area contributed by atoms with Crippen molar-refractivity contribution in [1.82, 2.24) is 5.43 Å². The molecule has 0 spiro atoms. The maximum atomic E-state index is 12.1. The van der Waals surface area contributed by atoms with Gasteiger partial charge in [-0.25, -0.2) is 5.43 Å². The third-order valence-corrected chi connectivity index (χ3v) is 5.07. The molecule has 15 nitrogen and oxygen atoms in total. The minimum Gasteiger partial charge on any atom is -0.493 e. The summed E-state index contributed by atoms with van der Waals surface area (Å²) in [6, 6.07) is 6.56. The molecule has 0 saturated carbocycles. The first-order valence-corrected chi connectivity index (χ1v) is 10.1. The van der Waals surface area contributed by atoms with Crippen molar-refractivity contribution >= 4 is 33.7 Å². The maximum Gasteiger partial charge on any atom is 0.358 e. The Bertz CT molecular complexity index is 1230. The van der Waals surface area contributed by atoms with Gasteiger partial charge >= 0.3 is 21.5 Å². The van der Waals surface area contributed by atoms with Crippen LogP contribution in [0.15, 0.2) is 45.5 Å². The molecular formula is C17H18N6O9S. The number of ether oxygens (including phenoxy) is 2. The van der Waals surface area contributed by atoms with Crippen molar-refractivity contribution in [3.8, 4) is 11.5 Å². The number of benzene rings is 2. The molecule has 33 heavy (non-hydrogen) atoms. The number of oxime groups is 1. The summed E-state index contributed by atoms with van der Waals surface area (Å²) in [7, 11) is -1.91. The minimum atomic E-state index is -4.26. The highest BCUT2D eigenvalue weighted by atomic mass is 32.2. The Morgan fingerprint density at radius 1 is 1.12 bits per heavy atom. The third kappa shape index (κ3) is 5.82. The summed E-state index contributed by atoms with van der Waals surface area (Å²) in [5.74, 6) is -1.01. The lowest BCUT2D eigenvalue weighted by Gasteiger charge is -2.10. The predicted molar refractivity (Wildman–Crippen MR) is 115 cm³/mol. The Balaban J connectivity index is 2.33. The fourth-order valence-electron chi connectivity index (χ4n) is 2.47. The molecule has 0 unspecified atom stereocenters. The number of hydrazone groups is 1. The summed E-state index contributed by atoms with van der Waals surface area (Å²) in [4.78, 5) is 20.6. The van der Waals surface area contributed by atoms with Crippen molar-refractivity contribution < 1.29 is 32.0 Å². The van der Waals surface area contributed by atoms with Crippen molar-refractivity contribution in [3.05, 3.63) is 61.7 Å². The number of aryl methyl sites for hydroxylation is 1. The van der Waals surface area contributed by atoms with E-state index in [1.807, 2.05) is 0 Å². The highest BCUT2D eigenvalue weighted by molar-refractivity contribution is 7.86. The van der Waals surface area contributed by atoms with Crippen LogP contribution in [0.25, 0.3) is 0 Å². The van der Waals surface area contributed by atoms with Crippen molar-refractivity contribution in [2.75, 3.05) is 14.2 Å². The Labute approximate surface area is 186 Å². The van der Waals surface area contributed by atoms with Crippen LogP contribution in [0.3, 0.4) is 0 Å². The van der Waals surface area contributed by atoms with Gasteiger partial charge in [-0.2, -0.15) is 13.5 Å². The molecule has 2 rings (SSSR count). The Hall–Kier alpha value is -4.47. The van der Waals surface area contributed by atoms with Gasteiger partial charge in [-0.3, -0.25) is 24.5 Å². The van der Waals surface area contributed by atoms with Gasteiger partial charge in [0.1, 0.15) is 10.5 Å². The first-order chi connectivity index (χ1) is 15.5. The quantitative estimate of drug-likeness (QED) is 0.225. The van der Waals surface area contributed by atoms with Gasteiger partial charge in [0, 0.05) is 0 Å². The first-order valence-electron chi connectivity index (χ1n) is 8.72. The number of methoxy groups -OCH3 is 2. The van der Waals surface area contributed by atoms with Gasteiger partial charge in [-0.05, 0) is 24.2 Å².